The van der Waals surface area contributed by atoms with Gasteiger partial charge in [-0.3, -0.25) is 15.1 Å². The maximum Gasteiger partial charge on any atom is 0.416 e. The molecule has 0 radical (unpaired) electrons. The Balaban J connectivity index is 1.77. The molecule has 9 heteroatoms. The number of halogens is 3. The second kappa shape index (κ2) is 5.33. The number of para-hydroxylation sites is 2. The minimum absolute atomic E-state index is 0.0520. The van der Waals surface area contributed by atoms with Crippen LogP contribution in [0.4, 0.5) is 25.1 Å². The van der Waals surface area contributed by atoms with Crippen molar-refractivity contribution in [1.29, 1.82) is 0 Å². The smallest absolute Gasteiger partial charge is 0.416 e. The number of nitrogens with one attached hydrogen (secondary N) is 2. The van der Waals surface area contributed by atoms with Crippen LogP contribution in [0.25, 0.3) is 22.0 Å². The summed E-state index contributed by atoms with van der Waals surface area (Å²) in [5, 5.41) is 2.71. The fourth-order valence-electron chi connectivity index (χ4n) is 2.40. The fraction of sp³-hybridized carbons (Fsp3) is 0.0625. The molecule has 2 aromatic carbocycles. The summed E-state index contributed by atoms with van der Waals surface area (Å²) in [6.45, 7) is 0. The van der Waals surface area contributed by atoms with Crippen LogP contribution in [0.2, 0.25) is 0 Å². The van der Waals surface area contributed by atoms with E-state index >= 15 is 0 Å². The highest BCUT2D eigenvalue weighted by Crippen LogP contribution is 2.30. The molecule has 0 saturated heterocycles. The molecule has 4 rings (SSSR count). The lowest BCUT2D eigenvalue weighted by atomic mass is 10.1. The lowest BCUT2D eigenvalue weighted by molar-refractivity contribution is -0.137. The van der Waals surface area contributed by atoms with Gasteiger partial charge in [0.25, 0.3) is 5.56 Å². The van der Waals surface area contributed by atoms with E-state index < -0.39 is 17.3 Å². The lowest BCUT2D eigenvalue weighted by Crippen LogP contribution is -2.12. The fourth-order valence-corrected chi connectivity index (χ4v) is 2.40. The normalized spacial score (nSPS) is 12.0. The van der Waals surface area contributed by atoms with Crippen molar-refractivity contribution in [3.05, 3.63) is 58.4 Å². The number of aromatic nitrogens is 3. The van der Waals surface area contributed by atoms with Gasteiger partial charge in [-0.1, -0.05) is 12.1 Å². The van der Waals surface area contributed by atoms with Crippen LogP contribution in [-0.2, 0) is 6.18 Å². The molecule has 25 heavy (non-hydrogen) atoms. The molecule has 0 aliphatic rings. The minimum Gasteiger partial charge on any atom is -0.423 e. The van der Waals surface area contributed by atoms with Crippen molar-refractivity contribution in [1.82, 2.24) is 15.0 Å². The number of alkyl halides is 3. The molecule has 0 saturated carbocycles. The molecule has 0 amide bonds. The first-order valence-corrected chi connectivity index (χ1v) is 7.14. The Labute approximate surface area is 137 Å². The summed E-state index contributed by atoms with van der Waals surface area (Å²) in [5.74, 6) is -0.0663. The van der Waals surface area contributed by atoms with Gasteiger partial charge in [-0.25, -0.2) is 4.98 Å². The summed E-state index contributed by atoms with van der Waals surface area (Å²) in [6, 6.07) is 9.81. The van der Waals surface area contributed by atoms with E-state index in [1.165, 1.54) is 0 Å². The largest absolute Gasteiger partial charge is 0.423 e. The van der Waals surface area contributed by atoms with E-state index in [1.54, 1.807) is 24.3 Å². The number of nitrogens with zero attached hydrogens (tertiary/aromatic N) is 2. The maximum atomic E-state index is 12.8. The number of hydrogen-bond donors (Lipinski definition) is 2. The molecule has 2 N–H and O–H groups in total. The van der Waals surface area contributed by atoms with Crippen LogP contribution in [-0.4, -0.2) is 15.0 Å². The second-order valence-electron chi connectivity index (χ2n) is 5.26. The highest BCUT2D eigenvalue weighted by atomic mass is 19.4. The summed E-state index contributed by atoms with van der Waals surface area (Å²) in [4.78, 5) is 22.7. The zero-order valence-corrected chi connectivity index (χ0v) is 12.4. The molecule has 0 spiro atoms. The summed E-state index contributed by atoms with van der Waals surface area (Å²) in [7, 11) is 0. The van der Waals surface area contributed by atoms with E-state index in [0.717, 1.165) is 18.2 Å². The number of oxazole rings is 1. The molecular weight excluding hydrogens is 337 g/mol. The standard InChI is InChI=1S/C16H9F3N4O2/c17-16(18,19)8-5-6-9-11(7-8)20-14(22-13(9)24)23-15-21-10-3-1-2-4-12(10)25-15/h1-7H,(H2,20,21,22,23,24). The molecule has 0 unspecified atom stereocenters. The first-order valence-electron chi connectivity index (χ1n) is 7.14. The van der Waals surface area contributed by atoms with Crippen molar-refractivity contribution in [3.63, 3.8) is 0 Å². The summed E-state index contributed by atoms with van der Waals surface area (Å²) < 4.78 is 43.9. The van der Waals surface area contributed by atoms with E-state index in [2.05, 4.69) is 20.3 Å². The lowest BCUT2D eigenvalue weighted by Gasteiger charge is -2.08. The van der Waals surface area contributed by atoms with Crippen molar-refractivity contribution in [2.24, 2.45) is 0 Å². The van der Waals surface area contributed by atoms with Gasteiger partial charge in [0.05, 0.1) is 16.5 Å². The van der Waals surface area contributed by atoms with Gasteiger partial charge in [0.15, 0.2) is 5.58 Å². The van der Waals surface area contributed by atoms with Crippen LogP contribution >= 0.6 is 0 Å². The molecule has 126 valence electrons. The predicted molar refractivity (Wildman–Crippen MR) is 84.7 cm³/mol. The van der Waals surface area contributed by atoms with Crippen molar-refractivity contribution in [3.8, 4) is 0 Å². The van der Waals surface area contributed by atoms with Gasteiger partial charge >= 0.3 is 12.2 Å². The zero-order valence-electron chi connectivity index (χ0n) is 12.4. The second-order valence-corrected chi connectivity index (χ2v) is 5.26. The number of rotatable bonds is 2. The molecule has 0 atom stereocenters. The van der Waals surface area contributed by atoms with Crippen LogP contribution in [0.15, 0.2) is 51.7 Å². The van der Waals surface area contributed by atoms with E-state index in [1.807, 2.05) is 0 Å². The van der Waals surface area contributed by atoms with Gasteiger partial charge in [0, 0.05) is 0 Å². The third-order valence-electron chi connectivity index (χ3n) is 3.55. The molecule has 2 heterocycles. The molecule has 0 fully saturated rings. The molecule has 6 nitrogen and oxygen atoms in total. The van der Waals surface area contributed by atoms with E-state index in [9.17, 15) is 18.0 Å². The Bertz CT molecular complexity index is 1110. The molecular formula is C16H9F3N4O2. The Hall–Kier alpha value is -3.36. The van der Waals surface area contributed by atoms with Crippen molar-refractivity contribution < 1.29 is 17.6 Å². The van der Waals surface area contributed by atoms with Gasteiger partial charge in [-0.15, -0.1) is 0 Å². The zero-order chi connectivity index (χ0) is 17.6. The van der Waals surface area contributed by atoms with E-state index in [0.29, 0.717) is 11.1 Å². The Morgan fingerprint density at radius 3 is 2.60 bits per heavy atom. The van der Waals surface area contributed by atoms with Crippen LogP contribution in [0.5, 0.6) is 0 Å². The van der Waals surface area contributed by atoms with Crippen LogP contribution < -0.4 is 10.9 Å². The first-order chi connectivity index (χ1) is 11.9. The minimum atomic E-state index is -4.52. The van der Waals surface area contributed by atoms with Gasteiger partial charge < -0.3 is 4.42 Å². The highest BCUT2D eigenvalue weighted by molar-refractivity contribution is 5.80. The summed E-state index contributed by atoms with van der Waals surface area (Å²) in [5.41, 5.74) is -0.430. The molecule has 0 aliphatic heterocycles. The highest BCUT2D eigenvalue weighted by Gasteiger charge is 2.30. The molecule has 0 aliphatic carbocycles. The van der Waals surface area contributed by atoms with Crippen molar-refractivity contribution >= 4 is 34.0 Å². The quantitative estimate of drug-likeness (QED) is 0.576. The Morgan fingerprint density at radius 1 is 1.04 bits per heavy atom. The average Bonchev–Trinajstić information content (AvgIpc) is 2.95. The van der Waals surface area contributed by atoms with Crippen molar-refractivity contribution in [2.75, 3.05) is 5.32 Å². The number of aromatic amines is 1. The van der Waals surface area contributed by atoms with Gasteiger partial charge in [0.2, 0.25) is 5.95 Å². The third-order valence-corrected chi connectivity index (χ3v) is 3.55. The van der Waals surface area contributed by atoms with Gasteiger partial charge in [-0.05, 0) is 30.3 Å². The Kier molecular flexibility index (Phi) is 3.24. The number of benzene rings is 2. The monoisotopic (exact) mass is 346 g/mol. The average molecular weight is 346 g/mol. The topological polar surface area (TPSA) is 83.8 Å². The number of H-pyrrole nitrogens is 1. The maximum absolute atomic E-state index is 12.8. The van der Waals surface area contributed by atoms with E-state index in [4.69, 9.17) is 4.42 Å². The van der Waals surface area contributed by atoms with Gasteiger partial charge in [0.1, 0.15) is 5.52 Å². The third kappa shape index (κ3) is 2.80. The van der Waals surface area contributed by atoms with Crippen LogP contribution in [0, 0.1) is 0 Å². The number of hydrogen-bond acceptors (Lipinski definition) is 5. The summed E-state index contributed by atoms with van der Waals surface area (Å²) >= 11 is 0. The molecule has 2 aromatic heterocycles. The van der Waals surface area contributed by atoms with Crippen LogP contribution in [0.1, 0.15) is 5.56 Å². The molecule has 4 aromatic rings. The first kappa shape index (κ1) is 15.2. The molecule has 0 bridgehead atoms. The van der Waals surface area contributed by atoms with Crippen molar-refractivity contribution in [2.45, 2.75) is 6.18 Å². The summed E-state index contributed by atoms with van der Waals surface area (Å²) in [6.07, 6.45) is -4.52. The number of anilines is 2. The SMILES string of the molecule is O=c1[nH]c(Nc2nc3ccccc3o2)nc2cc(C(F)(F)F)ccc12. The van der Waals surface area contributed by atoms with Crippen LogP contribution in [0.3, 0.4) is 0 Å². The van der Waals surface area contributed by atoms with E-state index in [-0.39, 0.29) is 22.9 Å². The van der Waals surface area contributed by atoms with Gasteiger partial charge in [-0.2, -0.15) is 18.2 Å². The Morgan fingerprint density at radius 2 is 1.84 bits per heavy atom. The predicted octanol–water partition coefficient (Wildman–Crippen LogP) is 3.83. The number of fused-ring (bicyclic) bond motifs is 2.